The second-order valence-electron chi connectivity index (χ2n) is 5.20. The number of nitrogens with one attached hydrogen (secondary N) is 1. The van der Waals surface area contributed by atoms with Gasteiger partial charge in [-0.25, -0.2) is 0 Å². The van der Waals surface area contributed by atoms with E-state index in [0.717, 1.165) is 6.04 Å². The Morgan fingerprint density at radius 2 is 1.75 bits per heavy atom. The largest absolute Gasteiger partial charge is 1.00 e. The second-order valence-corrected chi connectivity index (χ2v) is 5.20. The molecule has 0 radical (unpaired) electrons. The molecule has 0 amide bonds. The topological polar surface area (TPSA) is 4.44 Å². The van der Waals surface area contributed by atoms with Crippen molar-refractivity contribution in [3.8, 4) is 0 Å². The molecule has 1 aliphatic heterocycles. The van der Waals surface area contributed by atoms with Gasteiger partial charge in [0.25, 0.3) is 0 Å². The third-order valence-corrected chi connectivity index (χ3v) is 3.89. The van der Waals surface area contributed by atoms with E-state index in [2.05, 4.69) is 13.8 Å². The molecule has 2 unspecified atom stereocenters. The van der Waals surface area contributed by atoms with E-state index in [1.807, 2.05) is 4.90 Å². The van der Waals surface area contributed by atoms with Gasteiger partial charge < -0.3 is 17.3 Å². The highest BCUT2D eigenvalue weighted by atomic mass is 35.5. The van der Waals surface area contributed by atoms with Crippen molar-refractivity contribution in [3.05, 3.63) is 0 Å². The van der Waals surface area contributed by atoms with Gasteiger partial charge in [0.05, 0.1) is 19.1 Å². The highest BCUT2D eigenvalue weighted by Gasteiger charge is 2.26. The van der Waals surface area contributed by atoms with Crippen LogP contribution in [0.1, 0.15) is 71.6 Å². The van der Waals surface area contributed by atoms with E-state index in [4.69, 9.17) is 0 Å². The molecule has 98 valence electrons. The predicted octanol–water partition coefficient (Wildman–Crippen LogP) is -0.192. The fraction of sp³-hybridized carbons (Fsp3) is 1.00. The van der Waals surface area contributed by atoms with Gasteiger partial charge in [0.15, 0.2) is 0 Å². The molecule has 0 bridgehead atoms. The van der Waals surface area contributed by atoms with Crippen LogP contribution in [0.3, 0.4) is 0 Å². The lowest BCUT2D eigenvalue weighted by molar-refractivity contribution is -0.912. The first-order chi connectivity index (χ1) is 7.38. The molecule has 1 rings (SSSR count). The molecule has 1 nitrogen and oxygen atoms in total. The van der Waals surface area contributed by atoms with Gasteiger partial charge in [0.2, 0.25) is 0 Å². The van der Waals surface area contributed by atoms with Crippen molar-refractivity contribution >= 4 is 0 Å². The van der Waals surface area contributed by atoms with Gasteiger partial charge in [-0.15, -0.1) is 0 Å². The Morgan fingerprint density at radius 1 is 1.00 bits per heavy atom. The van der Waals surface area contributed by atoms with Crippen molar-refractivity contribution in [2.45, 2.75) is 77.7 Å². The Balaban J connectivity index is 0.00000225. The summed E-state index contributed by atoms with van der Waals surface area (Å²) in [5, 5.41) is 0. The highest BCUT2D eigenvalue weighted by molar-refractivity contribution is 4.62. The van der Waals surface area contributed by atoms with Crippen LogP contribution < -0.4 is 17.3 Å². The minimum atomic E-state index is 0. The molecule has 2 heteroatoms. The van der Waals surface area contributed by atoms with Gasteiger partial charge in [-0.1, -0.05) is 33.1 Å². The summed E-state index contributed by atoms with van der Waals surface area (Å²) in [5.41, 5.74) is 0. The lowest BCUT2D eigenvalue weighted by Crippen LogP contribution is -3.13. The number of hydrogen-bond donors (Lipinski definition) is 1. The molecule has 1 saturated heterocycles. The molecule has 0 saturated carbocycles. The minimum Gasteiger partial charge on any atom is -1.00 e. The summed E-state index contributed by atoms with van der Waals surface area (Å²) in [6.07, 6.45) is 13.0. The summed E-state index contributed by atoms with van der Waals surface area (Å²) in [4.78, 5) is 1.93. The van der Waals surface area contributed by atoms with E-state index >= 15 is 0 Å². The fourth-order valence-electron chi connectivity index (χ4n) is 2.89. The Morgan fingerprint density at radius 3 is 2.44 bits per heavy atom. The third-order valence-electron chi connectivity index (χ3n) is 3.89. The molecule has 0 aromatic heterocycles. The maximum Gasteiger partial charge on any atom is 0.0876 e. The quantitative estimate of drug-likeness (QED) is 0.568. The van der Waals surface area contributed by atoms with Crippen molar-refractivity contribution in [1.29, 1.82) is 0 Å². The van der Waals surface area contributed by atoms with E-state index in [9.17, 15) is 0 Å². The molecule has 0 aliphatic carbocycles. The van der Waals surface area contributed by atoms with E-state index in [-0.39, 0.29) is 12.4 Å². The Bertz CT molecular complexity index is 150. The first-order valence-electron chi connectivity index (χ1n) is 7.23. The molecule has 0 aromatic carbocycles. The summed E-state index contributed by atoms with van der Waals surface area (Å²) < 4.78 is 0. The molecule has 1 heterocycles. The summed E-state index contributed by atoms with van der Waals surface area (Å²) in [7, 11) is 0. The third kappa shape index (κ3) is 6.10. The Hall–Kier alpha value is 0.250. The normalized spacial score (nSPS) is 24.4. The van der Waals surface area contributed by atoms with E-state index in [0.29, 0.717) is 0 Å². The smallest absolute Gasteiger partial charge is 0.0876 e. The first-order valence-corrected chi connectivity index (χ1v) is 7.23. The van der Waals surface area contributed by atoms with E-state index in [1.165, 1.54) is 70.9 Å². The molecule has 1 N–H and O–H groups in total. The standard InChI is InChI=1S/C14H29N.ClH/c1-3-5-7-8-12-15-13-9-11-14(15)10-6-4-2;/h14H,3-13H2,1-2H3;1H. The zero-order chi connectivity index (χ0) is 10.9. The number of likely N-dealkylation sites (tertiary alicyclic amines) is 1. The van der Waals surface area contributed by atoms with Crippen LogP contribution in [0.25, 0.3) is 0 Å². The van der Waals surface area contributed by atoms with Gasteiger partial charge in [-0.05, 0) is 25.7 Å². The molecule has 0 aromatic rings. The number of hydrogen-bond acceptors (Lipinski definition) is 0. The van der Waals surface area contributed by atoms with Crippen molar-refractivity contribution in [2.75, 3.05) is 13.1 Å². The zero-order valence-electron chi connectivity index (χ0n) is 11.2. The van der Waals surface area contributed by atoms with Crippen LogP contribution in [0.4, 0.5) is 0 Å². The number of rotatable bonds is 8. The monoisotopic (exact) mass is 247 g/mol. The first kappa shape index (κ1) is 16.2. The number of halogens is 1. The predicted molar refractivity (Wildman–Crippen MR) is 67.4 cm³/mol. The summed E-state index contributed by atoms with van der Waals surface area (Å²) >= 11 is 0. The highest BCUT2D eigenvalue weighted by Crippen LogP contribution is 2.08. The maximum atomic E-state index is 2.32. The Labute approximate surface area is 108 Å². The Kier molecular flexibility index (Phi) is 10.6. The molecule has 16 heavy (non-hydrogen) atoms. The lowest BCUT2D eigenvalue weighted by Gasteiger charge is -2.21. The van der Waals surface area contributed by atoms with Crippen molar-refractivity contribution < 1.29 is 17.3 Å². The van der Waals surface area contributed by atoms with Crippen LogP contribution in [-0.2, 0) is 0 Å². The summed E-state index contributed by atoms with van der Waals surface area (Å²) in [6.45, 7) is 7.53. The van der Waals surface area contributed by atoms with Crippen LogP contribution in [0.5, 0.6) is 0 Å². The van der Waals surface area contributed by atoms with Gasteiger partial charge in [0.1, 0.15) is 0 Å². The van der Waals surface area contributed by atoms with Gasteiger partial charge in [0, 0.05) is 12.8 Å². The van der Waals surface area contributed by atoms with Crippen LogP contribution >= 0.6 is 0 Å². The van der Waals surface area contributed by atoms with Crippen molar-refractivity contribution in [1.82, 2.24) is 0 Å². The molecule has 1 fully saturated rings. The van der Waals surface area contributed by atoms with Crippen LogP contribution in [0, 0.1) is 0 Å². The van der Waals surface area contributed by atoms with Gasteiger partial charge >= 0.3 is 0 Å². The molecule has 2 atom stereocenters. The number of unbranched alkanes of at least 4 members (excludes halogenated alkanes) is 4. The zero-order valence-corrected chi connectivity index (χ0v) is 12.0. The summed E-state index contributed by atoms with van der Waals surface area (Å²) in [6, 6.07) is 1.02. The van der Waals surface area contributed by atoms with E-state index < -0.39 is 0 Å². The molecule has 1 aliphatic rings. The molecular formula is C14H30ClN. The van der Waals surface area contributed by atoms with Gasteiger partial charge in [-0.3, -0.25) is 0 Å². The molecular weight excluding hydrogens is 218 g/mol. The maximum absolute atomic E-state index is 2.32. The minimum absolute atomic E-state index is 0. The molecule has 0 spiro atoms. The average molecular weight is 248 g/mol. The van der Waals surface area contributed by atoms with Crippen LogP contribution in [-0.4, -0.2) is 19.1 Å². The number of quaternary nitrogens is 1. The van der Waals surface area contributed by atoms with Crippen LogP contribution in [0.15, 0.2) is 0 Å². The SMILES string of the molecule is CCCCCC[NH+]1CCCC1CCCC.[Cl-]. The van der Waals surface area contributed by atoms with E-state index in [1.54, 1.807) is 0 Å². The second kappa shape index (κ2) is 10.4. The van der Waals surface area contributed by atoms with Crippen molar-refractivity contribution in [3.63, 3.8) is 0 Å². The van der Waals surface area contributed by atoms with Gasteiger partial charge in [-0.2, -0.15) is 0 Å². The van der Waals surface area contributed by atoms with Crippen LogP contribution in [0.2, 0.25) is 0 Å². The fourth-order valence-corrected chi connectivity index (χ4v) is 2.89. The summed E-state index contributed by atoms with van der Waals surface area (Å²) in [5.74, 6) is 0. The lowest BCUT2D eigenvalue weighted by atomic mass is 10.1. The average Bonchev–Trinajstić information content (AvgIpc) is 2.69. The van der Waals surface area contributed by atoms with Crippen molar-refractivity contribution in [2.24, 2.45) is 0 Å².